The first kappa shape index (κ1) is 16.5. The Morgan fingerprint density at radius 1 is 1.42 bits per heavy atom. The molecule has 2 heterocycles. The summed E-state index contributed by atoms with van der Waals surface area (Å²) in [4.78, 5) is 0. The molecule has 6 nitrogen and oxygen atoms in total. The molecule has 0 bridgehead atoms. The average Bonchev–Trinajstić information content (AvgIpc) is 3.22. The van der Waals surface area contributed by atoms with E-state index in [1.165, 1.54) is 23.3 Å². The molecule has 0 amide bonds. The molecule has 9 heteroatoms. The molecule has 3 aromatic rings. The molecule has 0 aliphatic heterocycles. The molecule has 0 radical (unpaired) electrons. The second-order valence-electron chi connectivity index (χ2n) is 4.59. The van der Waals surface area contributed by atoms with Crippen LogP contribution in [0.25, 0.3) is 11.3 Å². The number of aromatic nitrogens is 3. The summed E-state index contributed by atoms with van der Waals surface area (Å²) in [7, 11) is 0. The molecule has 0 unspecified atom stereocenters. The molecule has 0 aliphatic carbocycles. The van der Waals surface area contributed by atoms with Gasteiger partial charge >= 0.3 is 0 Å². The van der Waals surface area contributed by atoms with Crippen molar-refractivity contribution in [1.29, 1.82) is 5.26 Å². The summed E-state index contributed by atoms with van der Waals surface area (Å²) >= 11 is 8.55. The Morgan fingerprint density at radius 2 is 2.21 bits per heavy atom. The molecule has 0 atom stereocenters. The van der Waals surface area contributed by atoms with Gasteiger partial charge in [-0.2, -0.15) is 19.8 Å². The van der Waals surface area contributed by atoms with E-state index in [0.29, 0.717) is 20.6 Å². The number of hydrogen-bond acceptors (Lipinski definition) is 7. The van der Waals surface area contributed by atoms with Crippen molar-refractivity contribution in [1.82, 2.24) is 14.6 Å². The smallest absolute Gasteiger partial charge is 0.148 e. The van der Waals surface area contributed by atoms with Crippen LogP contribution in [0.15, 0.2) is 40.6 Å². The molecule has 0 aliphatic rings. The topological polar surface area (TPSA) is 89.8 Å². The zero-order chi connectivity index (χ0) is 16.9. The molecule has 120 valence electrons. The lowest BCUT2D eigenvalue weighted by molar-refractivity contribution is 1.10. The molecule has 2 N–H and O–H groups in total. The van der Waals surface area contributed by atoms with Gasteiger partial charge in [0.1, 0.15) is 21.7 Å². The fraction of sp³-hybridized carbons (Fsp3) is 0.0667. The predicted molar refractivity (Wildman–Crippen MR) is 98.9 cm³/mol. The molecule has 3 rings (SSSR count). The Bertz CT molecular complexity index is 907. The Morgan fingerprint density at radius 3 is 2.92 bits per heavy atom. The third-order valence-corrected chi connectivity index (χ3v) is 4.94. The van der Waals surface area contributed by atoms with Gasteiger partial charge in [-0.05, 0) is 29.9 Å². The number of halogens is 1. The summed E-state index contributed by atoms with van der Waals surface area (Å²) in [5, 5.41) is 22.4. The Kier molecular flexibility index (Phi) is 5.15. The Labute approximate surface area is 151 Å². The van der Waals surface area contributed by atoms with Gasteiger partial charge in [-0.15, -0.1) is 11.8 Å². The maximum Gasteiger partial charge on any atom is 0.148 e. The van der Waals surface area contributed by atoms with Gasteiger partial charge in [0, 0.05) is 16.1 Å². The molecular formula is C15H11ClN6S2. The summed E-state index contributed by atoms with van der Waals surface area (Å²) in [6.45, 7) is 0. The normalized spacial score (nSPS) is 10.9. The molecule has 2 aromatic heterocycles. The molecular weight excluding hydrogens is 364 g/mol. The standard InChI is InChI=1S/C15H11ClN6S2/c1-23-15-12(6-17)14(24-22-15)21-19-8-10-7-18-20-13(10)9-2-4-11(16)5-3-9/h2-5,7-8,21H,1H3,(H,18,20)/b19-8-. The number of nitrogens with one attached hydrogen (secondary N) is 2. The van der Waals surface area contributed by atoms with E-state index in [1.54, 1.807) is 12.4 Å². The van der Waals surface area contributed by atoms with Crippen LogP contribution in [0.2, 0.25) is 5.02 Å². The molecule has 0 spiro atoms. The van der Waals surface area contributed by atoms with Crippen LogP contribution in [0.1, 0.15) is 11.1 Å². The Balaban J connectivity index is 1.79. The molecule has 0 fully saturated rings. The van der Waals surface area contributed by atoms with Crippen molar-refractivity contribution < 1.29 is 0 Å². The second-order valence-corrected chi connectivity index (χ2v) is 6.59. The van der Waals surface area contributed by atoms with Crippen molar-refractivity contribution in [2.45, 2.75) is 5.03 Å². The number of thioether (sulfide) groups is 1. The first-order valence-corrected chi connectivity index (χ1v) is 9.12. The molecule has 0 saturated heterocycles. The highest BCUT2D eigenvalue weighted by molar-refractivity contribution is 7.98. The minimum atomic E-state index is 0.509. The fourth-order valence-corrected chi connectivity index (χ4v) is 3.54. The van der Waals surface area contributed by atoms with E-state index in [9.17, 15) is 5.26 Å². The summed E-state index contributed by atoms with van der Waals surface area (Å²) < 4.78 is 4.21. The first-order valence-electron chi connectivity index (χ1n) is 6.75. The van der Waals surface area contributed by atoms with Gasteiger partial charge in [-0.3, -0.25) is 10.5 Å². The third kappa shape index (κ3) is 3.43. The second kappa shape index (κ2) is 7.49. The van der Waals surface area contributed by atoms with Crippen LogP contribution in [0.4, 0.5) is 5.00 Å². The SMILES string of the molecule is CSc1nsc(N/N=C\c2cn[nH]c2-c2ccc(Cl)cc2)c1C#N. The van der Waals surface area contributed by atoms with Crippen LogP contribution in [0.3, 0.4) is 0 Å². The van der Waals surface area contributed by atoms with Crippen LogP contribution in [-0.4, -0.2) is 27.0 Å². The number of anilines is 1. The first-order chi connectivity index (χ1) is 11.7. The fourth-order valence-electron chi connectivity index (χ4n) is 1.99. The highest BCUT2D eigenvalue weighted by Crippen LogP contribution is 2.29. The predicted octanol–water partition coefficient (Wildman–Crippen LogP) is 4.23. The molecule has 24 heavy (non-hydrogen) atoms. The lowest BCUT2D eigenvalue weighted by Gasteiger charge is -2.00. The van der Waals surface area contributed by atoms with Gasteiger partial charge in [0.05, 0.1) is 18.1 Å². The van der Waals surface area contributed by atoms with E-state index < -0.39 is 0 Å². The number of nitrogens with zero attached hydrogens (tertiary/aromatic N) is 4. The number of hydrogen-bond donors (Lipinski definition) is 2. The Hall–Kier alpha value is -2.34. The number of hydrazone groups is 1. The number of nitriles is 1. The van der Waals surface area contributed by atoms with Crippen molar-refractivity contribution in [3.8, 4) is 17.3 Å². The quantitative estimate of drug-likeness (QED) is 0.396. The lowest BCUT2D eigenvalue weighted by Crippen LogP contribution is -1.91. The summed E-state index contributed by atoms with van der Waals surface area (Å²) in [6.07, 6.45) is 5.21. The minimum Gasteiger partial charge on any atom is -0.277 e. The average molecular weight is 375 g/mol. The minimum absolute atomic E-state index is 0.509. The summed E-state index contributed by atoms with van der Waals surface area (Å²) in [6, 6.07) is 9.58. The number of benzene rings is 1. The van der Waals surface area contributed by atoms with E-state index in [2.05, 4.69) is 31.2 Å². The summed E-state index contributed by atoms with van der Waals surface area (Å²) in [5.41, 5.74) is 6.00. The summed E-state index contributed by atoms with van der Waals surface area (Å²) in [5.74, 6) is 0. The van der Waals surface area contributed by atoms with Gasteiger partial charge in [-0.1, -0.05) is 23.7 Å². The zero-order valence-electron chi connectivity index (χ0n) is 12.4. The van der Waals surface area contributed by atoms with Crippen LogP contribution < -0.4 is 5.43 Å². The maximum atomic E-state index is 9.20. The highest BCUT2D eigenvalue weighted by atomic mass is 35.5. The molecule has 0 saturated carbocycles. The van der Waals surface area contributed by atoms with Gasteiger partial charge in [-0.25, -0.2) is 0 Å². The van der Waals surface area contributed by atoms with Gasteiger partial charge < -0.3 is 0 Å². The zero-order valence-corrected chi connectivity index (χ0v) is 14.8. The number of rotatable bonds is 5. The van der Waals surface area contributed by atoms with Crippen molar-refractivity contribution in [3.63, 3.8) is 0 Å². The monoisotopic (exact) mass is 374 g/mol. The highest BCUT2D eigenvalue weighted by Gasteiger charge is 2.12. The van der Waals surface area contributed by atoms with Gasteiger partial charge in [0.15, 0.2) is 0 Å². The third-order valence-electron chi connectivity index (χ3n) is 3.14. The van der Waals surface area contributed by atoms with Gasteiger partial charge in [0.25, 0.3) is 0 Å². The van der Waals surface area contributed by atoms with E-state index in [1.807, 2.05) is 30.5 Å². The van der Waals surface area contributed by atoms with E-state index >= 15 is 0 Å². The van der Waals surface area contributed by atoms with Crippen LogP contribution >= 0.6 is 34.9 Å². The van der Waals surface area contributed by atoms with E-state index in [0.717, 1.165) is 16.8 Å². The van der Waals surface area contributed by atoms with Crippen LogP contribution in [0.5, 0.6) is 0 Å². The van der Waals surface area contributed by atoms with Crippen molar-refractivity contribution in [2.24, 2.45) is 5.10 Å². The van der Waals surface area contributed by atoms with Crippen molar-refractivity contribution >= 4 is 46.1 Å². The maximum absolute atomic E-state index is 9.20. The van der Waals surface area contributed by atoms with Crippen molar-refractivity contribution in [2.75, 3.05) is 11.7 Å². The van der Waals surface area contributed by atoms with Gasteiger partial charge in [0.2, 0.25) is 0 Å². The van der Waals surface area contributed by atoms with Crippen molar-refractivity contribution in [3.05, 3.63) is 46.6 Å². The number of aromatic amines is 1. The van der Waals surface area contributed by atoms with Crippen LogP contribution in [0, 0.1) is 11.3 Å². The molecule has 1 aromatic carbocycles. The largest absolute Gasteiger partial charge is 0.277 e. The number of H-pyrrole nitrogens is 1. The van der Waals surface area contributed by atoms with E-state index in [-0.39, 0.29) is 0 Å². The lowest BCUT2D eigenvalue weighted by atomic mass is 10.1. The van der Waals surface area contributed by atoms with E-state index in [4.69, 9.17) is 11.6 Å². The van der Waals surface area contributed by atoms with Crippen LogP contribution in [-0.2, 0) is 0 Å².